The number of anilines is 1. The lowest BCUT2D eigenvalue weighted by atomic mass is 10.0. The van der Waals surface area contributed by atoms with Gasteiger partial charge >= 0.3 is 0 Å². The molecule has 3 heteroatoms. The highest BCUT2D eigenvalue weighted by Gasteiger charge is 2.40. The molecule has 1 aliphatic rings. The number of hydrogen-bond acceptors (Lipinski definition) is 3. The molecule has 0 atom stereocenters. The average Bonchev–Trinajstić information content (AvgIpc) is 2.95. The van der Waals surface area contributed by atoms with Crippen molar-refractivity contribution >= 4 is 5.69 Å². The summed E-state index contributed by atoms with van der Waals surface area (Å²) in [7, 11) is 5.70. The minimum atomic E-state index is -0.461. The van der Waals surface area contributed by atoms with Gasteiger partial charge in [0.05, 0.1) is 12.7 Å². The second-order valence-electron chi connectivity index (χ2n) is 4.79. The Balaban J connectivity index is 2.30. The van der Waals surface area contributed by atoms with Gasteiger partial charge in [0, 0.05) is 26.2 Å². The first-order valence-corrected chi connectivity index (χ1v) is 5.61. The van der Waals surface area contributed by atoms with Crippen LogP contribution >= 0.6 is 0 Å². The van der Waals surface area contributed by atoms with Crippen molar-refractivity contribution in [2.24, 2.45) is 0 Å². The first kappa shape index (κ1) is 11.3. The van der Waals surface area contributed by atoms with Crippen molar-refractivity contribution in [3.05, 3.63) is 23.8 Å². The summed E-state index contributed by atoms with van der Waals surface area (Å²) in [5, 5.41) is 9.99. The zero-order chi connectivity index (χ0) is 11.8. The summed E-state index contributed by atoms with van der Waals surface area (Å²) in [6, 6.07) is 6.02. The Hall–Kier alpha value is -1.22. The van der Waals surface area contributed by atoms with Crippen molar-refractivity contribution in [1.82, 2.24) is 0 Å². The zero-order valence-electron chi connectivity index (χ0n) is 10.2. The molecule has 1 aromatic rings. The van der Waals surface area contributed by atoms with Crippen molar-refractivity contribution < 1.29 is 9.84 Å². The SMILES string of the molecule is COc1ccc(N(C)C)c(CC2(O)CC2)c1. The second kappa shape index (κ2) is 3.98. The van der Waals surface area contributed by atoms with E-state index < -0.39 is 5.60 Å². The predicted octanol–water partition coefficient (Wildman–Crippen LogP) is 1.83. The number of hydrogen-bond donors (Lipinski definition) is 1. The molecule has 0 aliphatic heterocycles. The number of aliphatic hydroxyl groups is 1. The van der Waals surface area contributed by atoms with Crippen LogP contribution in [0.4, 0.5) is 5.69 Å². The molecule has 1 N–H and O–H groups in total. The molecule has 1 saturated carbocycles. The van der Waals surface area contributed by atoms with E-state index in [4.69, 9.17) is 4.74 Å². The van der Waals surface area contributed by atoms with Crippen LogP contribution in [0.3, 0.4) is 0 Å². The third-order valence-electron chi connectivity index (χ3n) is 3.12. The molecule has 1 aromatic carbocycles. The standard InChI is InChI=1S/C13H19NO2/c1-14(2)12-5-4-11(16-3)8-10(12)9-13(15)6-7-13/h4-5,8,15H,6-7,9H2,1-3H3. The maximum Gasteiger partial charge on any atom is 0.119 e. The van der Waals surface area contributed by atoms with E-state index in [-0.39, 0.29) is 0 Å². The lowest BCUT2D eigenvalue weighted by molar-refractivity contribution is 0.151. The maximum atomic E-state index is 9.99. The van der Waals surface area contributed by atoms with Crippen LogP contribution in [0.15, 0.2) is 18.2 Å². The minimum absolute atomic E-state index is 0.461. The van der Waals surface area contributed by atoms with Gasteiger partial charge in [0.15, 0.2) is 0 Å². The van der Waals surface area contributed by atoms with Crippen LogP contribution in [0.2, 0.25) is 0 Å². The third kappa shape index (κ3) is 2.30. The summed E-state index contributed by atoms with van der Waals surface area (Å²) in [4.78, 5) is 2.07. The molecule has 0 radical (unpaired) electrons. The molecule has 2 rings (SSSR count). The fourth-order valence-corrected chi connectivity index (χ4v) is 1.94. The molecule has 16 heavy (non-hydrogen) atoms. The molecule has 0 bridgehead atoms. The van der Waals surface area contributed by atoms with Crippen molar-refractivity contribution in [2.45, 2.75) is 24.9 Å². The first-order valence-electron chi connectivity index (χ1n) is 5.61. The van der Waals surface area contributed by atoms with E-state index in [0.717, 1.165) is 36.3 Å². The summed E-state index contributed by atoms with van der Waals surface area (Å²) in [5.74, 6) is 0.852. The van der Waals surface area contributed by atoms with Crippen molar-refractivity contribution in [3.63, 3.8) is 0 Å². The van der Waals surface area contributed by atoms with Crippen LogP contribution in [-0.2, 0) is 6.42 Å². The Bertz CT molecular complexity index is 384. The van der Waals surface area contributed by atoms with Crippen LogP contribution in [0.5, 0.6) is 5.75 Å². The summed E-state index contributed by atoms with van der Waals surface area (Å²) >= 11 is 0. The van der Waals surface area contributed by atoms with Gasteiger partial charge in [-0.1, -0.05) is 0 Å². The Kier molecular flexibility index (Phi) is 2.80. The van der Waals surface area contributed by atoms with Gasteiger partial charge in [0.2, 0.25) is 0 Å². The summed E-state index contributed by atoms with van der Waals surface area (Å²) in [6.07, 6.45) is 2.55. The molecule has 3 nitrogen and oxygen atoms in total. The average molecular weight is 221 g/mol. The molecule has 0 aromatic heterocycles. The fraction of sp³-hybridized carbons (Fsp3) is 0.538. The van der Waals surface area contributed by atoms with Crippen LogP contribution in [0, 0.1) is 0 Å². The van der Waals surface area contributed by atoms with Crippen LogP contribution in [0.1, 0.15) is 18.4 Å². The number of methoxy groups -OCH3 is 1. The summed E-state index contributed by atoms with van der Waals surface area (Å²) in [5.41, 5.74) is 1.85. The lowest BCUT2D eigenvalue weighted by Crippen LogP contribution is -2.16. The Morgan fingerprint density at radius 3 is 2.56 bits per heavy atom. The number of nitrogens with zero attached hydrogens (tertiary/aromatic N) is 1. The largest absolute Gasteiger partial charge is 0.497 e. The molecule has 0 amide bonds. The Morgan fingerprint density at radius 2 is 2.06 bits per heavy atom. The number of benzene rings is 1. The van der Waals surface area contributed by atoms with E-state index in [1.54, 1.807) is 7.11 Å². The van der Waals surface area contributed by atoms with Gasteiger partial charge in [-0.05, 0) is 36.6 Å². The molecular weight excluding hydrogens is 202 g/mol. The Labute approximate surface area is 96.6 Å². The van der Waals surface area contributed by atoms with E-state index in [1.807, 2.05) is 32.3 Å². The van der Waals surface area contributed by atoms with Crippen LogP contribution in [0.25, 0.3) is 0 Å². The van der Waals surface area contributed by atoms with Gasteiger partial charge in [-0.15, -0.1) is 0 Å². The second-order valence-corrected chi connectivity index (χ2v) is 4.79. The molecule has 88 valence electrons. The third-order valence-corrected chi connectivity index (χ3v) is 3.12. The normalized spacial score (nSPS) is 17.0. The first-order chi connectivity index (χ1) is 7.54. The van der Waals surface area contributed by atoms with Gasteiger partial charge in [0.25, 0.3) is 0 Å². The minimum Gasteiger partial charge on any atom is -0.497 e. The van der Waals surface area contributed by atoms with E-state index in [2.05, 4.69) is 4.90 Å². The van der Waals surface area contributed by atoms with Gasteiger partial charge < -0.3 is 14.7 Å². The molecule has 0 unspecified atom stereocenters. The monoisotopic (exact) mass is 221 g/mol. The molecule has 0 spiro atoms. The van der Waals surface area contributed by atoms with Crippen LogP contribution in [-0.4, -0.2) is 31.9 Å². The van der Waals surface area contributed by atoms with Gasteiger partial charge in [-0.25, -0.2) is 0 Å². The number of rotatable bonds is 4. The molecule has 0 heterocycles. The van der Waals surface area contributed by atoms with E-state index >= 15 is 0 Å². The highest BCUT2D eigenvalue weighted by molar-refractivity contribution is 5.56. The quantitative estimate of drug-likeness (QED) is 0.842. The van der Waals surface area contributed by atoms with E-state index in [9.17, 15) is 5.11 Å². The molecule has 0 saturated heterocycles. The lowest BCUT2D eigenvalue weighted by Gasteiger charge is -2.20. The summed E-state index contributed by atoms with van der Waals surface area (Å²) < 4.78 is 5.22. The molecule has 1 fully saturated rings. The van der Waals surface area contributed by atoms with E-state index in [1.165, 1.54) is 0 Å². The van der Waals surface area contributed by atoms with Gasteiger partial charge in [-0.2, -0.15) is 0 Å². The highest BCUT2D eigenvalue weighted by atomic mass is 16.5. The maximum absolute atomic E-state index is 9.99. The number of ether oxygens (including phenoxy) is 1. The molecular formula is C13H19NO2. The Morgan fingerprint density at radius 1 is 1.38 bits per heavy atom. The predicted molar refractivity (Wildman–Crippen MR) is 65.2 cm³/mol. The molecule has 1 aliphatic carbocycles. The van der Waals surface area contributed by atoms with Gasteiger partial charge in [0.1, 0.15) is 5.75 Å². The van der Waals surface area contributed by atoms with Crippen molar-refractivity contribution in [1.29, 1.82) is 0 Å². The topological polar surface area (TPSA) is 32.7 Å². The van der Waals surface area contributed by atoms with Crippen molar-refractivity contribution in [3.8, 4) is 5.75 Å². The zero-order valence-corrected chi connectivity index (χ0v) is 10.2. The van der Waals surface area contributed by atoms with E-state index in [0.29, 0.717) is 0 Å². The smallest absolute Gasteiger partial charge is 0.119 e. The fourth-order valence-electron chi connectivity index (χ4n) is 1.94. The van der Waals surface area contributed by atoms with Crippen molar-refractivity contribution in [2.75, 3.05) is 26.1 Å². The highest BCUT2D eigenvalue weighted by Crippen LogP contribution is 2.40. The van der Waals surface area contributed by atoms with Crippen LogP contribution < -0.4 is 9.64 Å². The summed E-state index contributed by atoms with van der Waals surface area (Å²) in [6.45, 7) is 0. The van der Waals surface area contributed by atoms with Gasteiger partial charge in [-0.3, -0.25) is 0 Å².